The van der Waals surface area contributed by atoms with Gasteiger partial charge < -0.3 is 10.2 Å². The highest BCUT2D eigenvalue weighted by Crippen LogP contribution is 2.33. The molecule has 3 nitrogen and oxygen atoms in total. The second-order valence-electron chi connectivity index (χ2n) is 3.67. The number of ketones is 1. The summed E-state index contributed by atoms with van der Waals surface area (Å²) in [6.07, 6.45) is 3.06. The maximum atomic E-state index is 11.9. The lowest BCUT2D eigenvalue weighted by molar-refractivity contribution is 0.104. The highest BCUT2D eigenvalue weighted by molar-refractivity contribution is 9.13. The van der Waals surface area contributed by atoms with E-state index in [-0.39, 0.29) is 22.8 Å². The third-order valence-corrected chi connectivity index (χ3v) is 5.53. The molecule has 0 atom stereocenters. The number of carbonyl (C=O) groups is 1. The molecule has 98 valence electrons. The van der Waals surface area contributed by atoms with Crippen LogP contribution in [0.5, 0.6) is 11.5 Å². The molecule has 0 radical (unpaired) electrons. The quantitative estimate of drug-likeness (QED) is 0.582. The van der Waals surface area contributed by atoms with Gasteiger partial charge >= 0.3 is 0 Å². The number of allylic oxidation sites excluding steroid dienone is 1. The molecule has 2 aromatic rings. The van der Waals surface area contributed by atoms with Gasteiger partial charge in [0, 0.05) is 15.4 Å². The predicted molar refractivity (Wildman–Crippen MR) is 82.9 cm³/mol. The van der Waals surface area contributed by atoms with E-state index in [1.54, 1.807) is 6.08 Å². The number of carbonyl (C=O) groups excluding carboxylic acids is 1. The maximum Gasteiger partial charge on any atom is 0.189 e. The molecule has 0 aliphatic carbocycles. The van der Waals surface area contributed by atoms with Crippen molar-refractivity contribution in [3.8, 4) is 11.5 Å². The minimum Gasteiger partial charge on any atom is -0.508 e. The van der Waals surface area contributed by atoms with Crippen LogP contribution in [0.1, 0.15) is 15.2 Å². The van der Waals surface area contributed by atoms with E-state index in [1.807, 2.05) is 6.07 Å². The van der Waals surface area contributed by atoms with Crippen LogP contribution in [0.4, 0.5) is 0 Å². The van der Waals surface area contributed by atoms with Gasteiger partial charge in [0.05, 0.1) is 9.35 Å². The number of rotatable bonds is 3. The molecular formula is C13H8Br2O3S. The van der Waals surface area contributed by atoms with Gasteiger partial charge in [-0.15, -0.1) is 11.3 Å². The van der Waals surface area contributed by atoms with E-state index in [9.17, 15) is 9.90 Å². The molecule has 0 fully saturated rings. The molecule has 1 heterocycles. The van der Waals surface area contributed by atoms with Gasteiger partial charge in [-0.2, -0.15) is 0 Å². The zero-order chi connectivity index (χ0) is 14.0. The smallest absolute Gasteiger partial charge is 0.189 e. The zero-order valence-corrected chi connectivity index (χ0v) is 13.4. The zero-order valence-electron chi connectivity index (χ0n) is 9.43. The summed E-state index contributed by atoms with van der Waals surface area (Å²) in [6.45, 7) is 0. The Balaban J connectivity index is 2.21. The number of halogens is 2. The first-order chi connectivity index (χ1) is 8.97. The van der Waals surface area contributed by atoms with Gasteiger partial charge in [0.15, 0.2) is 5.78 Å². The Morgan fingerprint density at radius 1 is 1.21 bits per heavy atom. The van der Waals surface area contributed by atoms with Crippen molar-refractivity contribution in [3.05, 3.63) is 49.0 Å². The molecule has 1 aromatic heterocycles. The largest absolute Gasteiger partial charge is 0.508 e. The summed E-state index contributed by atoms with van der Waals surface area (Å²) in [5.74, 6) is -0.634. The average Bonchev–Trinajstić information content (AvgIpc) is 2.66. The summed E-state index contributed by atoms with van der Waals surface area (Å²) < 4.78 is 1.88. The van der Waals surface area contributed by atoms with Crippen LogP contribution >= 0.6 is 43.2 Å². The molecular weight excluding hydrogens is 396 g/mol. The van der Waals surface area contributed by atoms with Crippen LogP contribution in [0.15, 0.2) is 38.6 Å². The molecule has 2 N–H and O–H groups in total. The van der Waals surface area contributed by atoms with E-state index in [2.05, 4.69) is 31.9 Å². The number of phenolic OH excluding ortho intramolecular Hbond substituents is 2. The topological polar surface area (TPSA) is 57.5 Å². The first kappa shape index (κ1) is 14.3. The molecule has 0 bridgehead atoms. The lowest BCUT2D eigenvalue weighted by Gasteiger charge is -2.00. The molecule has 2 rings (SSSR count). The standard InChI is InChI=1S/C13H8Br2O3S/c14-10-6-8(19-13(10)15)2-4-11(17)9-3-1-7(16)5-12(9)18/h1-6,16,18H/b4-2+. The molecule has 0 aliphatic heterocycles. The first-order valence-corrected chi connectivity index (χ1v) is 7.57. The van der Waals surface area contributed by atoms with Crippen molar-refractivity contribution in [1.29, 1.82) is 0 Å². The SMILES string of the molecule is O=C(/C=C/c1cc(Br)c(Br)s1)c1ccc(O)cc1O. The number of benzene rings is 1. The third-order valence-electron chi connectivity index (χ3n) is 2.31. The van der Waals surface area contributed by atoms with Gasteiger partial charge in [-0.3, -0.25) is 4.79 Å². The summed E-state index contributed by atoms with van der Waals surface area (Å²) in [6, 6.07) is 5.77. The van der Waals surface area contributed by atoms with Gasteiger partial charge in [-0.25, -0.2) is 0 Å². The van der Waals surface area contributed by atoms with Gasteiger partial charge in [0.2, 0.25) is 0 Å². The number of thiophene rings is 1. The van der Waals surface area contributed by atoms with Crippen molar-refractivity contribution in [2.24, 2.45) is 0 Å². The van der Waals surface area contributed by atoms with Gasteiger partial charge in [0.25, 0.3) is 0 Å². The Bertz CT molecular complexity index is 642. The summed E-state index contributed by atoms with van der Waals surface area (Å²) in [5.41, 5.74) is 0.156. The van der Waals surface area contributed by atoms with E-state index in [4.69, 9.17) is 5.11 Å². The highest BCUT2D eigenvalue weighted by Gasteiger charge is 2.09. The highest BCUT2D eigenvalue weighted by atomic mass is 79.9. The van der Waals surface area contributed by atoms with Crippen LogP contribution in [-0.2, 0) is 0 Å². The Kier molecular flexibility index (Phi) is 4.44. The van der Waals surface area contributed by atoms with E-state index >= 15 is 0 Å². The van der Waals surface area contributed by atoms with Gasteiger partial charge in [-0.1, -0.05) is 0 Å². The molecule has 0 spiro atoms. The van der Waals surface area contributed by atoms with Crippen molar-refractivity contribution in [1.82, 2.24) is 0 Å². The van der Waals surface area contributed by atoms with E-state index < -0.39 is 0 Å². The van der Waals surface area contributed by atoms with Crippen LogP contribution in [0.3, 0.4) is 0 Å². The van der Waals surface area contributed by atoms with Gasteiger partial charge in [-0.05, 0) is 62.2 Å². The number of phenols is 2. The molecule has 0 unspecified atom stereocenters. The predicted octanol–water partition coefficient (Wildman–Crippen LogP) is 4.58. The Labute approximate surface area is 130 Å². The van der Waals surface area contributed by atoms with Crippen molar-refractivity contribution in [2.75, 3.05) is 0 Å². The van der Waals surface area contributed by atoms with E-state index in [1.165, 1.54) is 29.5 Å². The maximum absolute atomic E-state index is 11.9. The van der Waals surface area contributed by atoms with Crippen molar-refractivity contribution < 1.29 is 15.0 Å². The van der Waals surface area contributed by atoms with Crippen molar-refractivity contribution in [2.45, 2.75) is 0 Å². The summed E-state index contributed by atoms with van der Waals surface area (Å²) in [4.78, 5) is 12.8. The van der Waals surface area contributed by atoms with Crippen LogP contribution < -0.4 is 0 Å². The molecule has 0 aliphatic rings. The van der Waals surface area contributed by atoms with Crippen molar-refractivity contribution >= 4 is 55.1 Å². The second kappa shape index (κ2) is 5.90. The average molecular weight is 404 g/mol. The fourth-order valence-electron chi connectivity index (χ4n) is 1.42. The Hall–Kier alpha value is -1.11. The summed E-state index contributed by atoms with van der Waals surface area (Å²) in [5, 5.41) is 18.7. The minimum atomic E-state index is -0.321. The lowest BCUT2D eigenvalue weighted by Crippen LogP contribution is -1.94. The first-order valence-electron chi connectivity index (χ1n) is 5.16. The molecule has 1 aromatic carbocycles. The Morgan fingerprint density at radius 3 is 2.53 bits per heavy atom. The molecule has 0 saturated carbocycles. The van der Waals surface area contributed by atoms with E-state index in [0.717, 1.165) is 19.2 Å². The molecule has 19 heavy (non-hydrogen) atoms. The number of hydrogen-bond donors (Lipinski definition) is 2. The van der Waals surface area contributed by atoms with Crippen LogP contribution in [0.2, 0.25) is 0 Å². The third kappa shape index (κ3) is 3.46. The van der Waals surface area contributed by atoms with Crippen LogP contribution in [0, 0.1) is 0 Å². The Morgan fingerprint density at radius 2 is 1.95 bits per heavy atom. The minimum absolute atomic E-state index is 0.0795. The van der Waals surface area contributed by atoms with Gasteiger partial charge in [0.1, 0.15) is 11.5 Å². The fourth-order valence-corrected chi connectivity index (χ4v) is 3.41. The second-order valence-corrected chi connectivity index (χ2v) is 6.93. The van der Waals surface area contributed by atoms with Crippen LogP contribution in [0.25, 0.3) is 6.08 Å². The summed E-state index contributed by atoms with van der Waals surface area (Å²) >= 11 is 8.22. The normalized spacial score (nSPS) is 11.1. The lowest BCUT2D eigenvalue weighted by atomic mass is 10.1. The van der Waals surface area contributed by atoms with E-state index in [0.29, 0.717) is 0 Å². The summed E-state index contributed by atoms with van der Waals surface area (Å²) in [7, 11) is 0. The fraction of sp³-hybridized carbons (Fsp3) is 0. The number of hydrogen-bond acceptors (Lipinski definition) is 4. The number of aromatic hydroxyl groups is 2. The van der Waals surface area contributed by atoms with Crippen LogP contribution in [-0.4, -0.2) is 16.0 Å². The van der Waals surface area contributed by atoms with Crippen molar-refractivity contribution in [3.63, 3.8) is 0 Å². The molecule has 6 heteroatoms. The molecule has 0 saturated heterocycles. The molecule has 0 amide bonds. The monoisotopic (exact) mass is 402 g/mol.